The van der Waals surface area contributed by atoms with Gasteiger partial charge in [-0.05, 0) is 47.1 Å². The molecule has 0 radical (unpaired) electrons. The minimum absolute atomic E-state index is 0.0214. The van der Waals surface area contributed by atoms with Crippen LogP contribution in [0, 0.1) is 0 Å². The number of carbonyl (C=O) groups excluding carboxylic acids is 1. The first-order chi connectivity index (χ1) is 14.6. The van der Waals surface area contributed by atoms with Crippen LogP contribution in [-0.4, -0.2) is 37.7 Å². The van der Waals surface area contributed by atoms with Gasteiger partial charge in [0.2, 0.25) is 0 Å². The molecule has 2 aromatic rings. The van der Waals surface area contributed by atoms with Crippen molar-refractivity contribution in [3.8, 4) is 11.1 Å². The van der Waals surface area contributed by atoms with Crippen molar-refractivity contribution in [3.63, 3.8) is 0 Å². The summed E-state index contributed by atoms with van der Waals surface area (Å²) >= 11 is 0. The summed E-state index contributed by atoms with van der Waals surface area (Å²) in [5.74, 6) is 0.0901. The molecular formula is C26H32N2O2. The first-order valence-corrected chi connectivity index (χ1v) is 11.1. The average molecular weight is 405 g/mol. The highest BCUT2D eigenvalue weighted by atomic mass is 16.5. The number of alkyl carbamates (subject to hydrolysis) is 1. The number of allylic oxidation sites excluding steroid dienone is 1. The number of hydrogen-bond donors (Lipinski definition) is 1. The Morgan fingerprint density at radius 3 is 2.20 bits per heavy atom. The summed E-state index contributed by atoms with van der Waals surface area (Å²) < 4.78 is 5.79. The normalized spacial score (nSPS) is 15.2. The van der Waals surface area contributed by atoms with Gasteiger partial charge in [-0.1, -0.05) is 68.3 Å². The van der Waals surface area contributed by atoms with Crippen LogP contribution in [0.15, 0.2) is 59.8 Å². The second kappa shape index (κ2) is 8.95. The number of benzene rings is 2. The number of nitrogens with zero attached hydrogens (tertiary/aromatic N) is 1. The van der Waals surface area contributed by atoms with Crippen LogP contribution in [0.25, 0.3) is 11.1 Å². The fourth-order valence-corrected chi connectivity index (χ4v) is 4.66. The molecule has 2 aromatic carbocycles. The predicted molar refractivity (Wildman–Crippen MR) is 121 cm³/mol. The number of rotatable bonds is 8. The van der Waals surface area contributed by atoms with E-state index in [1.54, 1.807) is 0 Å². The minimum Gasteiger partial charge on any atom is -0.449 e. The van der Waals surface area contributed by atoms with Crippen molar-refractivity contribution >= 4 is 6.09 Å². The van der Waals surface area contributed by atoms with Crippen LogP contribution in [0.4, 0.5) is 4.79 Å². The van der Waals surface area contributed by atoms with Gasteiger partial charge in [0.05, 0.1) is 6.04 Å². The summed E-state index contributed by atoms with van der Waals surface area (Å²) in [6.45, 7) is 2.54. The number of unbranched alkanes of at least 4 members (excludes halogenated alkanes) is 1. The van der Waals surface area contributed by atoms with E-state index in [0.29, 0.717) is 6.61 Å². The Labute approximate surface area is 179 Å². The Morgan fingerprint density at radius 1 is 1.07 bits per heavy atom. The van der Waals surface area contributed by atoms with Gasteiger partial charge in [0, 0.05) is 25.7 Å². The molecule has 4 nitrogen and oxygen atoms in total. The molecule has 1 unspecified atom stereocenters. The van der Waals surface area contributed by atoms with Gasteiger partial charge in [-0.2, -0.15) is 0 Å². The molecule has 1 N–H and O–H groups in total. The molecule has 30 heavy (non-hydrogen) atoms. The standard InChI is InChI=1S/C26H32N2O2/c1-4-5-14-24(25(28(2)3)18-15-16-18)27-26(29)30-17-23-21-12-8-6-10-19(21)20-11-7-9-13-22(20)23/h6-13,23-24H,4-5,14-17H2,1-3H3,(H,27,29). The van der Waals surface area contributed by atoms with Crippen molar-refractivity contribution < 1.29 is 9.53 Å². The Morgan fingerprint density at radius 2 is 1.67 bits per heavy atom. The van der Waals surface area contributed by atoms with E-state index in [2.05, 4.69) is 79.8 Å². The highest BCUT2D eigenvalue weighted by Crippen LogP contribution is 2.44. The summed E-state index contributed by atoms with van der Waals surface area (Å²) in [6, 6.07) is 16.9. The molecule has 2 aliphatic carbocycles. The van der Waals surface area contributed by atoms with Crippen LogP contribution in [0.5, 0.6) is 0 Å². The number of nitrogens with one attached hydrogen (secondary N) is 1. The molecule has 0 aromatic heterocycles. The summed E-state index contributed by atoms with van der Waals surface area (Å²) in [7, 11) is 4.14. The topological polar surface area (TPSA) is 41.6 Å². The molecule has 2 aliphatic rings. The lowest BCUT2D eigenvalue weighted by atomic mass is 9.98. The van der Waals surface area contributed by atoms with E-state index >= 15 is 0 Å². The molecular weight excluding hydrogens is 372 g/mol. The SMILES string of the molecule is CCCCC(NC(=O)OCC1c2ccccc2-c2ccccc21)C(=C1CC1)N(C)C. The van der Waals surface area contributed by atoms with Crippen molar-refractivity contribution in [1.82, 2.24) is 10.2 Å². The van der Waals surface area contributed by atoms with Crippen molar-refractivity contribution in [2.45, 2.75) is 51.0 Å². The molecule has 0 heterocycles. The Kier molecular flexibility index (Phi) is 6.12. The second-order valence-electron chi connectivity index (χ2n) is 8.55. The van der Waals surface area contributed by atoms with E-state index in [-0.39, 0.29) is 18.1 Å². The summed E-state index contributed by atoms with van der Waals surface area (Å²) in [4.78, 5) is 15.0. The molecule has 1 amide bonds. The van der Waals surface area contributed by atoms with E-state index < -0.39 is 0 Å². The molecule has 158 valence electrons. The molecule has 4 heteroatoms. The van der Waals surface area contributed by atoms with Crippen LogP contribution < -0.4 is 5.32 Å². The highest BCUT2D eigenvalue weighted by molar-refractivity contribution is 5.79. The fraction of sp³-hybridized carbons (Fsp3) is 0.423. The lowest BCUT2D eigenvalue weighted by molar-refractivity contribution is 0.138. The summed E-state index contributed by atoms with van der Waals surface area (Å²) in [5, 5.41) is 3.17. The summed E-state index contributed by atoms with van der Waals surface area (Å²) in [5.41, 5.74) is 7.69. The van der Waals surface area contributed by atoms with Gasteiger partial charge in [-0.25, -0.2) is 4.79 Å². The minimum atomic E-state index is -0.321. The molecule has 0 saturated heterocycles. The fourth-order valence-electron chi connectivity index (χ4n) is 4.66. The number of fused-ring (bicyclic) bond motifs is 3. The third-order valence-corrected chi connectivity index (χ3v) is 6.16. The molecule has 1 saturated carbocycles. The van der Waals surface area contributed by atoms with Crippen molar-refractivity contribution in [1.29, 1.82) is 0 Å². The maximum Gasteiger partial charge on any atom is 0.407 e. The molecule has 1 fully saturated rings. The zero-order valence-electron chi connectivity index (χ0n) is 18.3. The van der Waals surface area contributed by atoms with E-state index in [1.165, 1.54) is 33.5 Å². The number of hydrogen-bond acceptors (Lipinski definition) is 3. The predicted octanol–water partition coefficient (Wildman–Crippen LogP) is 5.69. The molecule has 4 rings (SSSR count). The first kappa shape index (κ1) is 20.5. The largest absolute Gasteiger partial charge is 0.449 e. The molecule has 0 spiro atoms. The maximum absolute atomic E-state index is 12.8. The van der Waals surface area contributed by atoms with Gasteiger partial charge in [-0.3, -0.25) is 0 Å². The van der Waals surface area contributed by atoms with Crippen LogP contribution in [-0.2, 0) is 4.74 Å². The van der Waals surface area contributed by atoms with E-state index in [9.17, 15) is 4.79 Å². The van der Waals surface area contributed by atoms with Gasteiger partial charge >= 0.3 is 6.09 Å². The van der Waals surface area contributed by atoms with Gasteiger partial charge in [0.1, 0.15) is 6.61 Å². The van der Waals surface area contributed by atoms with E-state index in [4.69, 9.17) is 4.74 Å². The number of amides is 1. The van der Waals surface area contributed by atoms with Crippen molar-refractivity contribution in [2.24, 2.45) is 0 Å². The smallest absolute Gasteiger partial charge is 0.407 e. The number of likely N-dealkylation sites (N-methyl/N-ethyl adjacent to an activating group) is 1. The Balaban J connectivity index is 1.46. The second-order valence-corrected chi connectivity index (χ2v) is 8.55. The van der Waals surface area contributed by atoms with Crippen LogP contribution in [0.2, 0.25) is 0 Å². The lowest BCUT2D eigenvalue weighted by Crippen LogP contribution is -2.41. The van der Waals surface area contributed by atoms with Crippen molar-refractivity contribution in [3.05, 3.63) is 70.9 Å². The third kappa shape index (κ3) is 4.23. The average Bonchev–Trinajstić information content (AvgIpc) is 3.52. The van der Waals surface area contributed by atoms with Crippen LogP contribution >= 0.6 is 0 Å². The molecule has 0 bridgehead atoms. The maximum atomic E-state index is 12.8. The molecule has 0 aliphatic heterocycles. The zero-order valence-corrected chi connectivity index (χ0v) is 18.3. The summed E-state index contributed by atoms with van der Waals surface area (Å²) in [6.07, 6.45) is 5.10. The van der Waals surface area contributed by atoms with Crippen molar-refractivity contribution in [2.75, 3.05) is 20.7 Å². The first-order valence-electron chi connectivity index (χ1n) is 11.1. The lowest BCUT2D eigenvalue weighted by Gasteiger charge is -2.27. The monoisotopic (exact) mass is 404 g/mol. The van der Waals surface area contributed by atoms with Crippen LogP contribution in [0.1, 0.15) is 56.1 Å². The van der Waals surface area contributed by atoms with E-state index in [1.807, 2.05) is 0 Å². The van der Waals surface area contributed by atoms with Crippen LogP contribution in [0.3, 0.4) is 0 Å². The van der Waals surface area contributed by atoms with E-state index in [0.717, 1.165) is 32.1 Å². The Hall–Kier alpha value is -2.75. The zero-order chi connectivity index (χ0) is 21.1. The van der Waals surface area contributed by atoms with Gasteiger partial charge in [0.15, 0.2) is 0 Å². The number of ether oxygens (including phenoxy) is 1. The van der Waals surface area contributed by atoms with Gasteiger partial charge in [0.25, 0.3) is 0 Å². The third-order valence-electron chi connectivity index (χ3n) is 6.16. The van der Waals surface area contributed by atoms with Gasteiger partial charge < -0.3 is 15.0 Å². The highest BCUT2D eigenvalue weighted by Gasteiger charge is 2.30. The molecule has 1 atom stereocenters. The number of carbonyl (C=O) groups is 1. The quantitative estimate of drug-likeness (QED) is 0.614. The van der Waals surface area contributed by atoms with Gasteiger partial charge in [-0.15, -0.1) is 0 Å². The Bertz CT molecular complexity index is 896.